The lowest BCUT2D eigenvalue weighted by Gasteiger charge is -2.29. The van der Waals surface area contributed by atoms with Gasteiger partial charge >= 0.3 is 0 Å². The number of hydrogen-bond donors (Lipinski definition) is 2. The zero-order valence-electron chi connectivity index (χ0n) is 20.4. The number of thioether (sulfide) groups is 1. The van der Waals surface area contributed by atoms with E-state index in [1.54, 1.807) is 18.9 Å². The fraction of sp³-hybridized carbons (Fsp3) is 0.179. The van der Waals surface area contributed by atoms with E-state index in [0.29, 0.717) is 28.1 Å². The summed E-state index contributed by atoms with van der Waals surface area (Å²) in [5.74, 6) is 1.74. The number of hydrogen-bond acceptors (Lipinski definition) is 6. The second-order valence-corrected chi connectivity index (χ2v) is 9.51. The lowest BCUT2D eigenvalue weighted by atomic mass is 9.94. The SMILES string of the molecule is COc1ccccc1NC(=O)C1=C(C)Nc2nc(SCc3ccccc3)nn2[C@@H]1c1ccc(C)cc1. The summed E-state index contributed by atoms with van der Waals surface area (Å²) < 4.78 is 7.24. The van der Waals surface area contributed by atoms with Gasteiger partial charge in [0.15, 0.2) is 0 Å². The van der Waals surface area contributed by atoms with E-state index in [4.69, 9.17) is 14.8 Å². The number of benzene rings is 3. The second kappa shape index (κ2) is 10.3. The number of fused-ring (bicyclic) bond motifs is 1. The molecular formula is C28H27N5O2S. The maximum Gasteiger partial charge on any atom is 0.255 e. The quantitative estimate of drug-likeness (QED) is 0.314. The summed E-state index contributed by atoms with van der Waals surface area (Å²) in [6.07, 6.45) is 0. The molecule has 2 N–H and O–H groups in total. The Hall–Kier alpha value is -4.04. The van der Waals surface area contributed by atoms with Gasteiger partial charge in [-0.25, -0.2) is 4.68 Å². The number of nitrogens with one attached hydrogen (secondary N) is 2. The van der Waals surface area contributed by atoms with Crippen LogP contribution in [-0.2, 0) is 10.5 Å². The molecule has 2 heterocycles. The first-order valence-electron chi connectivity index (χ1n) is 11.7. The highest BCUT2D eigenvalue weighted by Gasteiger charge is 2.34. The first kappa shape index (κ1) is 23.7. The molecule has 0 saturated carbocycles. The first-order valence-corrected chi connectivity index (χ1v) is 12.6. The molecule has 0 spiro atoms. The van der Waals surface area contributed by atoms with Crippen LogP contribution >= 0.6 is 11.8 Å². The van der Waals surface area contributed by atoms with Gasteiger partial charge in [0, 0.05) is 11.4 Å². The van der Waals surface area contributed by atoms with Crippen LogP contribution in [0.25, 0.3) is 0 Å². The van der Waals surface area contributed by atoms with Crippen LogP contribution in [0.2, 0.25) is 0 Å². The van der Waals surface area contributed by atoms with Crippen molar-refractivity contribution in [2.24, 2.45) is 0 Å². The summed E-state index contributed by atoms with van der Waals surface area (Å²) in [5, 5.41) is 11.8. The third-order valence-corrected chi connectivity index (χ3v) is 6.95. The normalized spacial score (nSPS) is 14.7. The summed E-state index contributed by atoms with van der Waals surface area (Å²) in [7, 11) is 1.59. The molecule has 5 rings (SSSR count). The Morgan fingerprint density at radius 3 is 2.50 bits per heavy atom. The molecule has 0 radical (unpaired) electrons. The number of ether oxygens (including phenoxy) is 1. The molecule has 1 atom stereocenters. The molecule has 1 amide bonds. The molecular weight excluding hydrogens is 470 g/mol. The number of allylic oxidation sites excluding steroid dienone is 1. The Kier molecular flexibility index (Phi) is 6.77. The molecule has 3 aromatic carbocycles. The van der Waals surface area contributed by atoms with Crippen molar-refractivity contribution in [2.45, 2.75) is 30.8 Å². The minimum absolute atomic E-state index is 0.227. The Labute approximate surface area is 214 Å². The van der Waals surface area contributed by atoms with Crippen molar-refractivity contribution in [2.75, 3.05) is 17.7 Å². The number of rotatable bonds is 7. The van der Waals surface area contributed by atoms with Crippen molar-refractivity contribution in [3.63, 3.8) is 0 Å². The molecule has 7 nitrogen and oxygen atoms in total. The predicted molar refractivity (Wildman–Crippen MR) is 143 cm³/mol. The Morgan fingerprint density at radius 2 is 1.75 bits per heavy atom. The van der Waals surface area contributed by atoms with Crippen LogP contribution in [0.4, 0.5) is 11.6 Å². The summed E-state index contributed by atoms with van der Waals surface area (Å²) >= 11 is 1.57. The lowest BCUT2D eigenvalue weighted by molar-refractivity contribution is -0.113. The molecule has 182 valence electrons. The van der Waals surface area contributed by atoms with Gasteiger partial charge in [0.1, 0.15) is 11.8 Å². The number of nitrogens with zero attached hydrogens (tertiary/aromatic N) is 3. The van der Waals surface area contributed by atoms with E-state index >= 15 is 0 Å². The van der Waals surface area contributed by atoms with Crippen LogP contribution in [0.1, 0.15) is 29.7 Å². The highest BCUT2D eigenvalue weighted by atomic mass is 32.2. The monoisotopic (exact) mass is 497 g/mol. The fourth-order valence-corrected chi connectivity index (χ4v) is 4.99. The van der Waals surface area contributed by atoms with Crippen LogP contribution in [0.3, 0.4) is 0 Å². The van der Waals surface area contributed by atoms with Crippen LogP contribution < -0.4 is 15.4 Å². The molecule has 0 bridgehead atoms. The highest BCUT2D eigenvalue weighted by molar-refractivity contribution is 7.98. The highest BCUT2D eigenvalue weighted by Crippen LogP contribution is 2.37. The van der Waals surface area contributed by atoms with Gasteiger partial charge in [0.05, 0.1) is 18.4 Å². The van der Waals surface area contributed by atoms with Crippen molar-refractivity contribution >= 4 is 29.3 Å². The summed E-state index contributed by atoms with van der Waals surface area (Å²) in [6.45, 7) is 3.94. The van der Waals surface area contributed by atoms with Crippen LogP contribution in [0.15, 0.2) is 95.3 Å². The van der Waals surface area contributed by atoms with Gasteiger partial charge in [0.2, 0.25) is 11.1 Å². The largest absolute Gasteiger partial charge is 0.495 e. The molecule has 36 heavy (non-hydrogen) atoms. The average molecular weight is 498 g/mol. The number of amides is 1. The number of para-hydroxylation sites is 2. The average Bonchev–Trinajstić information content (AvgIpc) is 3.30. The molecule has 1 aliphatic heterocycles. The number of aryl methyl sites for hydroxylation is 1. The zero-order chi connectivity index (χ0) is 25.1. The molecule has 0 aliphatic carbocycles. The van der Waals surface area contributed by atoms with Crippen LogP contribution in [-0.4, -0.2) is 27.8 Å². The summed E-state index contributed by atoms with van der Waals surface area (Å²) in [5.41, 5.74) is 5.21. The van der Waals surface area contributed by atoms with E-state index in [1.165, 1.54) is 5.56 Å². The van der Waals surface area contributed by atoms with E-state index < -0.39 is 6.04 Å². The molecule has 0 fully saturated rings. The maximum absolute atomic E-state index is 13.7. The van der Waals surface area contributed by atoms with Crippen molar-refractivity contribution < 1.29 is 9.53 Å². The van der Waals surface area contributed by atoms with Gasteiger partial charge in [-0.15, -0.1) is 5.10 Å². The summed E-state index contributed by atoms with van der Waals surface area (Å²) in [4.78, 5) is 18.4. The van der Waals surface area contributed by atoms with E-state index in [0.717, 1.165) is 22.6 Å². The van der Waals surface area contributed by atoms with E-state index in [9.17, 15) is 4.79 Å². The zero-order valence-corrected chi connectivity index (χ0v) is 21.2. The topological polar surface area (TPSA) is 81.1 Å². The number of anilines is 2. The van der Waals surface area contributed by atoms with Crippen molar-refractivity contribution in [1.82, 2.24) is 14.8 Å². The van der Waals surface area contributed by atoms with Crippen molar-refractivity contribution in [3.05, 3.63) is 107 Å². The van der Waals surface area contributed by atoms with E-state index in [1.807, 2.05) is 85.3 Å². The third-order valence-electron chi connectivity index (χ3n) is 6.04. The molecule has 8 heteroatoms. The van der Waals surface area contributed by atoms with Gasteiger partial charge < -0.3 is 15.4 Å². The Bertz CT molecular complexity index is 1410. The van der Waals surface area contributed by atoms with Gasteiger partial charge in [-0.3, -0.25) is 4.79 Å². The number of carbonyl (C=O) groups is 1. The van der Waals surface area contributed by atoms with Crippen LogP contribution in [0, 0.1) is 6.92 Å². The fourth-order valence-electron chi connectivity index (χ4n) is 4.20. The smallest absolute Gasteiger partial charge is 0.255 e. The Balaban J connectivity index is 1.50. The van der Waals surface area contributed by atoms with Gasteiger partial charge in [-0.2, -0.15) is 4.98 Å². The molecule has 0 saturated heterocycles. The number of carbonyl (C=O) groups excluding carboxylic acids is 1. The van der Waals surface area contributed by atoms with Gasteiger partial charge in [-0.1, -0.05) is 84.1 Å². The van der Waals surface area contributed by atoms with Gasteiger partial charge in [-0.05, 0) is 37.1 Å². The van der Waals surface area contributed by atoms with E-state index in [-0.39, 0.29) is 5.91 Å². The Morgan fingerprint density at radius 1 is 1.03 bits per heavy atom. The van der Waals surface area contributed by atoms with E-state index in [2.05, 4.69) is 22.8 Å². The minimum atomic E-state index is -0.435. The molecule has 1 aliphatic rings. The standard InChI is InChI=1S/C28H27N5O2S/c1-18-13-15-21(16-14-18)25-24(26(34)30-22-11-7-8-12-23(22)35-3)19(2)29-27-31-28(32-33(25)27)36-17-20-9-5-4-6-10-20/h4-16,25H,17H2,1-3H3,(H,30,34)(H,29,31,32)/t25-/m1/s1. The minimum Gasteiger partial charge on any atom is -0.495 e. The second-order valence-electron chi connectivity index (χ2n) is 8.57. The summed E-state index contributed by atoms with van der Waals surface area (Å²) in [6, 6.07) is 25.3. The predicted octanol–water partition coefficient (Wildman–Crippen LogP) is 5.82. The molecule has 1 aromatic heterocycles. The lowest BCUT2D eigenvalue weighted by Crippen LogP contribution is -2.31. The molecule has 0 unspecified atom stereocenters. The van der Waals surface area contributed by atoms with Gasteiger partial charge in [0.25, 0.3) is 5.91 Å². The van der Waals surface area contributed by atoms with Crippen molar-refractivity contribution in [1.29, 1.82) is 0 Å². The first-order chi connectivity index (χ1) is 17.5. The molecule has 4 aromatic rings. The number of methoxy groups -OCH3 is 1. The number of aromatic nitrogens is 3. The maximum atomic E-state index is 13.7. The van der Waals surface area contributed by atoms with Crippen molar-refractivity contribution in [3.8, 4) is 5.75 Å². The van der Waals surface area contributed by atoms with Crippen LogP contribution in [0.5, 0.6) is 5.75 Å². The third kappa shape index (κ3) is 4.85.